The Morgan fingerprint density at radius 2 is 1.44 bits per heavy atom. The van der Waals surface area contributed by atoms with Crippen LogP contribution >= 0.6 is 0 Å². The van der Waals surface area contributed by atoms with Crippen molar-refractivity contribution in [2.75, 3.05) is 0 Å². The Labute approximate surface area is 154 Å². The van der Waals surface area contributed by atoms with Crippen LogP contribution in [0.3, 0.4) is 0 Å². The molecule has 1 aliphatic rings. The third kappa shape index (κ3) is 3.19. The molecule has 0 aliphatic heterocycles. The lowest BCUT2D eigenvalue weighted by Gasteiger charge is -2.42. The highest BCUT2D eigenvalue weighted by molar-refractivity contribution is 5.80. The third-order valence-corrected chi connectivity index (χ3v) is 6.23. The Balaban J connectivity index is 2.10. The zero-order chi connectivity index (χ0) is 18.4. The molecule has 25 heavy (non-hydrogen) atoms. The van der Waals surface area contributed by atoms with Crippen LogP contribution in [0, 0.1) is 6.92 Å². The number of hydrogen-bond donors (Lipinski definition) is 0. The van der Waals surface area contributed by atoms with Gasteiger partial charge in [0.2, 0.25) is 0 Å². The quantitative estimate of drug-likeness (QED) is 0.569. The fourth-order valence-corrected chi connectivity index (χ4v) is 4.14. The van der Waals surface area contributed by atoms with E-state index in [9.17, 15) is 0 Å². The summed E-state index contributed by atoms with van der Waals surface area (Å²) in [6.07, 6.45) is 3.58. The zero-order valence-electron chi connectivity index (χ0n) is 16.8. The van der Waals surface area contributed by atoms with Crippen LogP contribution in [0.1, 0.15) is 80.8 Å². The van der Waals surface area contributed by atoms with Gasteiger partial charge in [0.25, 0.3) is 0 Å². The van der Waals surface area contributed by atoms with E-state index in [4.69, 9.17) is 0 Å². The molecule has 2 aromatic carbocycles. The first-order valence-electron chi connectivity index (χ1n) is 9.60. The van der Waals surface area contributed by atoms with Gasteiger partial charge in [-0.2, -0.15) is 0 Å². The molecular formula is C25H32. The molecule has 0 aromatic heterocycles. The van der Waals surface area contributed by atoms with E-state index in [2.05, 4.69) is 84.5 Å². The standard InChI is InChI=1S/C25H32/c1-8-19-9-11-20(12-10-19)18(3)21-16-23-22(15-17(21)2)24(4,5)13-14-25(23,6)7/h9-12,15-16H,3,8,13-14H2,1-2,4-7H3. The van der Waals surface area contributed by atoms with Crippen molar-refractivity contribution in [2.24, 2.45) is 0 Å². The Morgan fingerprint density at radius 3 is 1.96 bits per heavy atom. The van der Waals surface area contributed by atoms with Gasteiger partial charge in [-0.15, -0.1) is 0 Å². The van der Waals surface area contributed by atoms with E-state index >= 15 is 0 Å². The Bertz CT molecular complexity index is 801. The predicted molar refractivity (Wildman–Crippen MR) is 110 cm³/mol. The number of hydrogen-bond acceptors (Lipinski definition) is 0. The molecule has 0 spiro atoms. The van der Waals surface area contributed by atoms with Crippen LogP contribution in [-0.2, 0) is 17.3 Å². The van der Waals surface area contributed by atoms with Crippen molar-refractivity contribution in [3.05, 3.63) is 76.4 Å². The van der Waals surface area contributed by atoms with E-state index in [1.165, 1.54) is 46.2 Å². The average Bonchev–Trinajstić information content (AvgIpc) is 2.58. The molecule has 0 amide bonds. The molecule has 0 saturated carbocycles. The van der Waals surface area contributed by atoms with Crippen LogP contribution in [-0.4, -0.2) is 0 Å². The summed E-state index contributed by atoms with van der Waals surface area (Å²) in [4.78, 5) is 0. The Morgan fingerprint density at radius 1 is 0.920 bits per heavy atom. The molecule has 0 unspecified atom stereocenters. The molecule has 1 aliphatic carbocycles. The smallest absolute Gasteiger partial charge is 0.0100 e. The maximum absolute atomic E-state index is 4.44. The summed E-state index contributed by atoms with van der Waals surface area (Å²) in [6, 6.07) is 13.7. The van der Waals surface area contributed by atoms with Crippen LogP contribution in [0.4, 0.5) is 0 Å². The van der Waals surface area contributed by atoms with Crippen molar-refractivity contribution in [2.45, 2.75) is 71.6 Å². The van der Waals surface area contributed by atoms with Crippen LogP contribution in [0.5, 0.6) is 0 Å². The second-order valence-corrected chi connectivity index (χ2v) is 9.01. The first kappa shape index (κ1) is 18.0. The number of rotatable bonds is 3. The van der Waals surface area contributed by atoms with Crippen molar-refractivity contribution in [3.63, 3.8) is 0 Å². The van der Waals surface area contributed by atoms with E-state index in [0.717, 1.165) is 12.0 Å². The fourth-order valence-electron chi connectivity index (χ4n) is 4.14. The summed E-state index contributed by atoms with van der Waals surface area (Å²) in [5, 5.41) is 0. The van der Waals surface area contributed by atoms with E-state index < -0.39 is 0 Å². The van der Waals surface area contributed by atoms with E-state index in [1.807, 2.05) is 0 Å². The maximum Gasteiger partial charge on any atom is -0.0100 e. The molecule has 132 valence electrons. The van der Waals surface area contributed by atoms with Gasteiger partial charge in [0.1, 0.15) is 0 Å². The molecule has 0 heteroatoms. The summed E-state index contributed by atoms with van der Waals surface area (Å²) in [5.74, 6) is 0. The largest absolute Gasteiger partial charge is 0.0905 e. The highest BCUT2D eigenvalue weighted by Gasteiger charge is 2.37. The highest BCUT2D eigenvalue weighted by Crippen LogP contribution is 2.47. The fraction of sp³-hybridized carbons (Fsp3) is 0.440. The van der Waals surface area contributed by atoms with Crippen molar-refractivity contribution in [1.29, 1.82) is 0 Å². The van der Waals surface area contributed by atoms with Gasteiger partial charge in [0.15, 0.2) is 0 Å². The summed E-state index contributed by atoms with van der Waals surface area (Å²) in [6.45, 7) is 18.4. The van der Waals surface area contributed by atoms with Gasteiger partial charge in [0.05, 0.1) is 0 Å². The van der Waals surface area contributed by atoms with Crippen LogP contribution in [0.2, 0.25) is 0 Å². The van der Waals surface area contributed by atoms with E-state index in [0.29, 0.717) is 0 Å². The van der Waals surface area contributed by atoms with Crippen molar-refractivity contribution < 1.29 is 0 Å². The molecule has 0 fully saturated rings. The van der Waals surface area contributed by atoms with Crippen molar-refractivity contribution in [3.8, 4) is 0 Å². The molecule has 0 nitrogen and oxygen atoms in total. The topological polar surface area (TPSA) is 0 Å². The minimum Gasteiger partial charge on any atom is -0.0905 e. The lowest BCUT2D eigenvalue weighted by Crippen LogP contribution is -2.34. The second-order valence-electron chi connectivity index (χ2n) is 9.01. The van der Waals surface area contributed by atoms with Crippen molar-refractivity contribution in [1.82, 2.24) is 0 Å². The third-order valence-electron chi connectivity index (χ3n) is 6.23. The van der Waals surface area contributed by atoms with Crippen molar-refractivity contribution >= 4 is 5.57 Å². The minimum absolute atomic E-state index is 0.236. The molecule has 2 aromatic rings. The summed E-state index contributed by atoms with van der Waals surface area (Å²) in [5.41, 5.74) is 9.92. The zero-order valence-corrected chi connectivity index (χ0v) is 16.8. The van der Waals surface area contributed by atoms with Crippen LogP contribution in [0.15, 0.2) is 43.0 Å². The molecule has 0 radical (unpaired) electrons. The van der Waals surface area contributed by atoms with Gasteiger partial charge in [0, 0.05) is 0 Å². The van der Waals surface area contributed by atoms with Gasteiger partial charge in [-0.05, 0) is 76.0 Å². The summed E-state index contributed by atoms with van der Waals surface area (Å²) >= 11 is 0. The molecule has 0 N–H and O–H groups in total. The first-order valence-corrected chi connectivity index (χ1v) is 9.60. The SMILES string of the molecule is C=C(c1ccc(CC)cc1)c1cc2c(cc1C)C(C)(C)CCC2(C)C. The molecule has 0 bridgehead atoms. The number of benzene rings is 2. The predicted octanol–water partition coefficient (Wildman–Crippen LogP) is 6.97. The number of fused-ring (bicyclic) bond motifs is 1. The first-order chi connectivity index (χ1) is 11.7. The lowest BCUT2D eigenvalue weighted by atomic mass is 9.62. The average molecular weight is 333 g/mol. The minimum atomic E-state index is 0.236. The van der Waals surface area contributed by atoms with E-state index in [-0.39, 0.29) is 10.8 Å². The van der Waals surface area contributed by atoms with Gasteiger partial charge in [-0.25, -0.2) is 0 Å². The molecule has 0 saturated heterocycles. The van der Waals surface area contributed by atoms with Crippen LogP contribution in [0.25, 0.3) is 5.57 Å². The molecule has 0 atom stereocenters. The van der Waals surface area contributed by atoms with Gasteiger partial charge >= 0.3 is 0 Å². The normalized spacial score (nSPS) is 17.8. The molecular weight excluding hydrogens is 300 g/mol. The summed E-state index contributed by atoms with van der Waals surface area (Å²) < 4.78 is 0. The maximum atomic E-state index is 4.44. The van der Waals surface area contributed by atoms with Gasteiger partial charge < -0.3 is 0 Å². The molecule has 3 rings (SSSR count). The number of aryl methyl sites for hydroxylation is 2. The Hall–Kier alpha value is -1.82. The molecule has 0 heterocycles. The van der Waals surface area contributed by atoms with Gasteiger partial charge in [-0.3, -0.25) is 0 Å². The lowest BCUT2D eigenvalue weighted by molar-refractivity contribution is 0.331. The highest BCUT2D eigenvalue weighted by atomic mass is 14.4. The second kappa shape index (κ2) is 6.16. The van der Waals surface area contributed by atoms with Gasteiger partial charge in [-0.1, -0.05) is 77.6 Å². The monoisotopic (exact) mass is 332 g/mol. The Kier molecular flexibility index (Phi) is 4.43. The van der Waals surface area contributed by atoms with Crippen LogP contribution < -0.4 is 0 Å². The van der Waals surface area contributed by atoms with E-state index in [1.54, 1.807) is 0 Å². The summed E-state index contributed by atoms with van der Waals surface area (Å²) in [7, 11) is 0.